The molecule has 3 N–H and O–H groups in total. The molecule has 6 heteroatoms. The minimum atomic E-state index is -3.60. The van der Waals surface area contributed by atoms with Crippen LogP contribution in [0.25, 0.3) is 0 Å². The van der Waals surface area contributed by atoms with Gasteiger partial charge >= 0.3 is 0 Å². The molecule has 0 heterocycles. The molecule has 2 rings (SSSR count). The third kappa shape index (κ3) is 4.36. The Morgan fingerprint density at radius 1 is 1.00 bits per heavy atom. The van der Waals surface area contributed by atoms with Crippen LogP contribution < -0.4 is 10.5 Å². The largest absolute Gasteiger partial charge is 0.323 e. The van der Waals surface area contributed by atoms with E-state index < -0.39 is 10.0 Å². The normalized spacial score (nSPS) is 12.5. The van der Waals surface area contributed by atoms with Crippen LogP contribution in [-0.4, -0.2) is 15.0 Å². The lowest BCUT2D eigenvalue weighted by molar-refractivity contribution is 0.571. The number of nitrogens with two attached hydrogens (primary N) is 1. The molecule has 0 spiro atoms. The van der Waals surface area contributed by atoms with E-state index in [9.17, 15) is 8.42 Å². The van der Waals surface area contributed by atoms with Crippen LogP contribution in [0.2, 0.25) is 0 Å². The molecule has 4 nitrogen and oxygen atoms in total. The number of aryl methyl sites for hydroxylation is 2. The Bertz CT molecular complexity index is 779. The van der Waals surface area contributed by atoms with Crippen molar-refractivity contribution in [2.24, 2.45) is 5.73 Å². The van der Waals surface area contributed by atoms with Gasteiger partial charge in [-0.15, -0.1) is 12.4 Å². The number of rotatable bonds is 5. The van der Waals surface area contributed by atoms with Gasteiger partial charge in [0.05, 0.1) is 4.90 Å². The lowest BCUT2D eigenvalue weighted by Crippen LogP contribution is -2.33. The summed E-state index contributed by atoms with van der Waals surface area (Å²) in [5, 5.41) is 0. The summed E-state index contributed by atoms with van der Waals surface area (Å²) in [5.41, 5.74) is 10.5. The monoisotopic (exact) mass is 368 g/mol. The molecule has 0 saturated carbocycles. The Morgan fingerprint density at radius 2 is 1.50 bits per heavy atom. The average Bonchev–Trinajstić information content (AvgIpc) is 2.51. The first-order chi connectivity index (χ1) is 10.7. The molecule has 24 heavy (non-hydrogen) atoms. The van der Waals surface area contributed by atoms with Crippen LogP contribution >= 0.6 is 12.4 Å². The summed E-state index contributed by atoms with van der Waals surface area (Å²) >= 11 is 0. The van der Waals surface area contributed by atoms with Crippen LogP contribution in [0.15, 0.2) is 41.3 Å². The van der Waals surface area contributed by atoms with E-state index in [-0.39, 0.29) is 25.0 Å². The molecule has 1 unspecified atom stereocenters. The quantitative estimate of drug-likeness (QED) is 0.850. The van der Waals surface area contributed by atoms with Crippen LogP contribution in [0.5, 0.6) is 0 Å². The van der Waals surface area contributed by atoms with E-state index in [0.717, 1.165) is 27.8 Å². The van der Waals surface area contributed by atoms with Crippen LogP contribution in [0, 0.1) is 27.7 Å². The zero-order chi connectivity index (χ0) is 17.2. The molecule has 0 fully saturated rings. The van der Waals surface area contributed by atoms with Crippen LogP contribution in [0.4, 0.5) is 0 Å². The lowest BCUT2D eigenvalue weighted by Gasteiger charge is -2.18. The number of hydrogen-bond acceptors (Lipinski definition) is 3. The van der Waals surface area contributed by atoms with Crippen molar-refractivity contribution >= 4 is 22.4 Å². The summed E-state index contributed by atoms with van der Waals surface area (Å²) < 4.78 is 28.2. The predicted octanol–water partition coefficient (Wildman–Crippen LogP) is 3.32. The van der Waals surface area contributed by atoms with Gasteiger partial charge in [0.15, 0.2) is 0 Å². The summed E-state index contributed by atoms with van der Waals surface area (Å²) in [4.78, 5) is 0.371. The van der Waals surface area contributed by atoms with Crippen molar-refractivity contribution in [2.45, 2.75) is 38.6 Å². The smallest absolute Gasteiger partial charge is 0.241 e. The topological polar surface area (TPSA) is 72.2 Å². The molecule has 0 saturated heterocycles. The van der Waals surface area contributed by atoms with E-state index >= 15 is 0 Å². The van der Waals surface area contributed by atoms with E-state index in [1.807, 2.05) is 64.1 Å². The Balaban J connectivity index is 0.00000288. The van der Waals surface area contributed by atoms with Crippen molar-refractivity contribution in [3.63, 3.8) is 0 Å². The molecule has 132 valence electrons. The minimum Gasteiger partial charge on any atom is -0.323 e. The molecule has 0 aliphatic rings. The number of sulfonamides is 1. The second kappa shape index (κ2) is 8.12. The van der Waals surface area contributed by atoms with Crippen molar-refractivity contribution in [1.82, 2.24) is 4.72 Å². The minimum absolute atomic E-state index is 0. The molecular formula is C18H25ClN2O2S. The SMILES string of the molecule is Cc1cc(C)c(C)c(S(=O)(=O)NCC(N)c2ccccc2)c1C.Cl. The molecule has 2 aromatic carbocycles. The van der Waals surface area contributed by atoms with Crippen LogP contribution in [0.3, 0.4) is 0 Å². The van der Waals surface area contributed by atoms with Crippen molar-refractivity contribution in [3.8, 4) is 0 Å². The standard InChI is InChI=1S/C18H24N2O2S.ClH/c1-12-10-13(2)15(4)18(14(12)3)23(21,22)20-11-17(19)16-8-6-5-7-9-16;/h5-10,17,20H,11,19H2,1-4H3;1H. The van der Waals surface area contributed by atoms with Gasteiger partial charge in [0.1, 0.15) is 0 Å². The number of hydrogen-bond donors (Lipinski definition) is 2. The molecule has 1 atom stereocenters. The molecule has 0 amide bonds. The van der Waals surface area contributed by atoms with Gasteiger partial charge in [-0.3, -0.25) is 0 Å². The van der Waals surface area contributed by atoms with Gasteiger partial charge < -0.3 is 5.73 Å². The molecule has 0 bridgehead atoms. The maximum Gasteiger partial charge on any atom is 0.241 e. The Hall–Kier alpha value is -1.40. The summed E-state index contributed by atoms with van der Waals surface area (Å²) in [6.45, 7) is 7.70. The fourth-order valence-corrected chi connectivity index (χ4v) is 4.34. The highest BCUT2D eigenvalue weighted by atomic mass is 35.5. The second-order valence-corrected chi connectivity index (χ2v) is 7.66. The Morgan fingerprint density at radius 3 is 2.00 bits per heavy atom. The van der Waals surface area contributed by atoms with Crippen molar-refractivity contribution < 1.29 is 8.42 Å². The van der Waals surface area contributed by atoms with E-state index in [4.69, 9.17) is 5.73 Å². The lowest BCUT2D eigenvalue weighted by atomic mass is 10.0. The summed E-state index contributed by atoms with van der Waals surface area (Å²) in [6, 6.07) is 11.1. The van der Waals surface area contributed by atoms with Gasteiger partial charge in [0.2, 0.25) is 10.0 Å². The average molecular weight is 369 g/mol. The molecule has 0 aromatic heterocycles. The van der Waals surface area contributed by atoms with Gasteiger partial charge in [0, 0.05) is 12.6 Å². The summed E-state index contributed by atoms with van der Waals surface area (Å²) in [7, 11) is -3.60. The fourth-order valence-electron chi connectivity index (χ4n) is 2.67. The maximum absolute atomic E-state index is 12.7. The van der Waals surface area contributed by atoms with Gasteiger partial charge in [-0.1, -0.05) is 36.4 Å². The maximum atomic E-state index is 12.7. The zero-order valence-corrected chi connectivity index (χ0v) is 16.1. The zero-order valence-electron chi connectivity index (χ0n) is 14.5. The first-order valence-electron chi connectivity index (χ1n) is 7.61. The van der Waals surface area contributed by atoms with E-state index in [1.54, 1.807) is 0 Å². The first-order valence-corrected chi connectivity index (χ1v) is 9.10. The molecular weight excluding hydrogens is 344 g/mol. The van der Waals surface area contributed by atoms with Gasteiger partial charge in [-0.2, -0.15) is 0 Å². The number of nitrogens with one attached hydrogen (secondary N) is 1. The second-order valence-electron chi connectivity index (χ2n) is 5.96. The molecule has 0 radical (unpaired) electrons. The molecule has 0 aliphatic heterocycles. The van der Waals surface area contributed by atoms with E-state index in [1.165, 1.54) is 0 Å². The Labute approximate surface area is 150 Å². The predicted molar refractivity (Wildman–Crippen MR) is 101 cm³/mol. The van der Waals surface area contributed by atoms with Crippen molar-refractivity contribution in [1.29, 1.82) is 0 Å². The fraction of sp³-hybridized carbons (Fsp3) is 0.333. The van der Waals surface area contributed by atoms with Gasteiger partial charge in [-0.05, 0) is 55.5 Å². The highest BCUT2D eigenvalue weighted by Crippen LogP contribution is 2.26. The third-order valence-corrected chi connectivity index (χ3v) is 5.98. The van der Waals surface area contributed by atoms with E-state index in [2.05, 4.69) is 4.72 Å². The van der Waals surface area contributed by atoms with Crippen LogP contribution in [0.1, 0.15) is 33.9 Å². The van der Waals surface area contributed by atoms with Gasteiger partial charge in [-0.25, -0.2) is 13.1 Å². The van der Waals surface area contributed by atoms with E-state index in [0.29, 0.717) is 4.90 Å². The van der Waals surface area contributed by atoms with Crippen molar-refractivity contribution in [2.75, 3.05) is 6.54 Å². The molecule has 0 aliphatic carbocycles. The first kappa shape index (κ1) is 20.6. The van der Waals surface area contributed by atoms with Crippen LogP contribution in [-0.2, 0) is 10.0 Å². The third-order valence-electron chi connectivity index (χ3n) is 4.29. The number of benzene rings is 2. The highest BCUT2D eigenvalue weighted by molar-refractivity contribution is 7.89. The molecule has 2 aromatic rings. The number of halogens is 1. The summed E-state index contributed by atoms with van der Waals surface area (Å²) in [5.74, 6) is 0. The summed E-state index contributed by atoms with van der Waals surface area (Å²) in [6.07, 6.45) is 0. The highest BCUT2D eigenvalue weighted by Gasteiger charge is 2.22. The Kier molecular flexibility index (Phi) is 6.98. The van der Waals surface area contributed by atoms with Gasteiger partial charge in [0.25, 0.3) is 0 Å². The van der Waals surface area contributed by atoms with Crippen molar-refractivity contribution in [3.05, 3.63) is 64.2 Å².